The van der Waals surface area contributed by atoms with Crippen LogP contribution >= 0.6 is 27.3 Å². The summed E-state index contributed by atoms with van der Waals surface area (Å²) in [5.41, 5.74) is 1.44. The van der Waals surface area contributed by atoms with Gasteiger partial charge in [0.2, 0.25) is 0 Å². The molecule has 0 saturated heterocycles. The van der Waals surface area contributed by atoms with Crippen molar-refractivity contribution in [2.45, 2.75) is 18.1 Å². The number of halogens is 1. The average molecular weight is 406 g/mol. The summed E-state index contributed by atoms with van der Waals surface area (Å²) in [6.45, 7) is 3.72. The summed E-state index contributed by atoms with van der Waals surface area (Å²) in [6, 6.07) is 4.60. The van der Waals surface area contributed by atoms with Gasteiger partial charge in [-0.3, -0.25) is 10.1 Å². The number of sulfone groups is 1. The maximum Gasteiger partial charge on any atom is 0.324 e. The van der Waals surface area contributed by atoms with E-state index < -0.39 is 14.8 Å². The van der Waals surface area contributed by atoms with Crippen LogP contribution in [-0.4, -0.2) is 19.6 Å². The highest BCUT2D eigenvalue weighted by atomic mass is 79.9. The quantitative estimate of drug-likeness (QED) is 0.560. The molecule has 0 spiro atoms. The molecule has 0 radical (unpaired) electrons. The minimum absolute atomic E-state index is 0.0516. The standard InChI is InChI=1S/C13H12BrNO5S2/c1-7-4-8(2)11(5-9(7)14)20-13-10(15(16)17)6-12(21-13)22(3,18)19/h4-6H,1-3H3. The van der Waals surface area contributed by atoms with Gasteiger partial charge < -0.3 is 4.74 Å². The summed E-state index contributed by atoms with van der Waals surface area (Å²) >= 11 is 4.11. The van der Waals surface area contributed by atoms with Gasteiger partial charge in [0.05, 0.1) is 4.92 Å². The lowest BCUT2D eigenvalue weighted by atomic mass is 10.1. The van der Waals surface area contributed by atoms with E-state index in [2.05, 4.69) is 15.9 Å². The average Bonchev–Trinajstić information content (AvgIpc) is 2.80. The van der Waals surface area contributed by atoms with Gasteiger partial charge in [-0.25, -0.2) is 8.42 Å². The topological polar surface area (TPSA) is 86.5 Å². The molecular weight excluding hydrogens is 394 g/mol. The first-order chi connectivity index (χ1) is 10.1. The van der Waals surface area contributed by atoms with Crippen LogP contribution in [0.15, 0.2) is 26.9 Å². The van der Waals surface area contributed by atoms with Crippen LogP contribution in [0.5, 0.6) is 10.8 Å². The summed E-state index contributed by atoms with van der Waals surface area (Å²) in [6.07, 6.45) is 1.00. The second-order valence-electron chi connectivity index (χ2n) is 4.74. The van der Waals surface area contributed by atoms with Crippen LogP contribution in [0.25, 0.3) is 0 Å². The fraction of sp³-hybridized carbons (Fsp3) is 0.231. The second-order valence-corrected chi connectivity index (χ2v) is 8.85. The van der Waals surface area contributed by atoms with Crippen LogP contribution < -0.4 is 4.74 Å². The molecule has 0 N–H and O–H groups in total. The van der Waals surface area contributed by atoms with Crippen molar-refractivity contribution in [1.29, 1.82) is 0 Å². The molecule has 0 fully saturated rings. The Morgan fingerprint density at radius 2 is 1.86 bits per heavy atom. The Bertz CT molecular complexity index is 858. The van der Waals surface area contributed by atoms with Crippen LogP contribution in [-0.2, 0) is 9.84 Å². The number of thiophene rings is 1. The molecule has 0 atom stereocenters. The van der Waals surface area contributed by atoms with E-state index in [0.717, 1.165) is 39.3 Å². The first-order valence-corrected chi connectivity index (χ1v) is 9.52. The van der Waals surface area contributed by atoms with Crippen LogP contribution in [0.2, 0.25) is 0 Å². The van der Waals surface area contributed by atoms with Gasteiger partial charge in [0.25, 0.3) is 5.06 Å². The fourth-order valence-electron chi connectivity index (χ4n) is 1.74. The van der Waals surface area contributed by atoms with Crippen molar-refractivity contribution < 1.29 is 18.1 Å². The van der Waals surface area contributed by atoms with E-state index >= 15 is 0 Å². The van der Waals surface area contributed by atoms with Crippen molar-refractivity contribution >= 4 is 42.8 Å². The van der Waals surface area contributed by atoms with Gasteiger partial charge in [-0.15, -0.1) is 0 Å². The first kappa shape index (κ1) is 16.9. The molecule has 0 bridgehead atoms. The van der Waals surface area contributed by atoms with Crippen LogP contribution in [0.4, 0.5) is 5.69 Å². The van der Waals surface area contributed by atoms with Crippen molar-refractivity contribution in [2.24, 2.45) is 0 Å². The highest BCUT2D eigenvalue weighted by molar-refractivity contribution is 9.10. The van der Waals surface area contributed by atoms with Crippen LogP contribution in [0.1, 0.15) is 11.1 Å². The SMILES string of the molecule is Cc1cc(C)c(Oc2sc(S(C)(=O)=O)cc2[N+](=O)[O-])cc1Br. The van der Waals surface area contributed by atoms with Crippen LogP contribution in [0.3, 0.4) is 0 Å². The Kier molecular flexibility index (Phi) is 4.59. The van der Waals surface area contributed by atoms with E-state index in [1.54, 1.807) is 6.07 Å². The van der Waals surface area contributed by atoms with E-state index in [4.69, 9.17) is 4.74 Å². The molecule has 2 aromatic rings. The number of nitro groups is 1. The lowest BCUT2D eigenvalue weighted by molar-refractivity contribution is -0.385. The zero-order chi connectivity index (χ0) is 16.7. The summed E-state index contributed by atoms with van der Waals surface area (Å²) in [5, 5.41) is 11.0. The minimum atomic E-state index is -3.53. The molecular formula is C13H12BrNO5S2. The molecule has 0 aliphatic heterocycles. The number of ether oxygens (including phenoxy) is 1. The van der Waals surface area contributed by atoms with Gasteiger partial charge in [0, 0.05) is 16.8 Å². The van der Waals surface area contributed by atoms with Crippen LogP contribution in [0, 0.1) is 24.0 Å². The lowest BCUT2D eigenvalue weighted by Gasteiger charge is -2.09. The number of aryl methyl sites for hydroxylation is 2. The Morgan fingerprint density at radius 1 is 1.23 bits per heavy atom. The van der Waals surface area contributed by atoms with Crippen molar-refractivity contribution in [3.05, 3.63) is 43.9 Å². The molecule has 0 saturated carbocycles. The molecule has 0 unspecified atom stereocenters. The molecule has 1 aromatic heterocycles. The molecule has 6 nitrogen and oxygen atoms in total. The Balaban J connectivity index is 2.52. The largest absolute Gasteiger partial charge is 0.440 e. The molecule has 118 valence electrons. The van der Waals surface area contributed by atoms with Gasteiger partial charge in [-0.05, 0) is 31.0 Å². The zero-order valence-electron chi connectivity index (χ0n) is 11.9. The molecule has 9 heteroatoms. The molecule has 1 heterocycles. The van der Waals surface area contributed by atoms with E-state index in [0.29, 0.717) is 5.75 Å². The maximum atomic E-state index is 11.6. The summed E-state index contributed by atoms with van der Waals surface area (Å²) < 4.78 is 29.4. The number of hydrogen-bond donors (Lipinski definition) is 0. The number of nitrogens with zero attached hydrogens (tertiary/aromatic N) is 1. The number of benzene rings is 1. The number of rotatable bonds is 4. The van der Waals surface area contributed by atoms with Gasteiger partial charge >= 0.3 is 5.69 Å². The number of hydrogen-bond acceptors (Lipinski definition) is 6. The Hall–Kier alpha value is -1.45. The molecule has 0 amide bonds. The summed E-state index contributed by atoms with van der Waals surface area (Å²) in [5.74, 6) is 0.433. The molecule has 0 aliphatic carbocycles. The summed E-state index contributed by atoms with van der Waals surface area (Å²) in [4.78, 5) is 10.4. The first-order valence-electron chi connectivity index (χ1n) is 6.02. The maximum absolute atomic E-state index is 11.6. The van der Waals surface area contributed by atoms with Crippen molar-refractivity contribution in [2.75, 3.05) is 6.26 Å². The van der Waals surface area contributed by atoms with E-state index in [-0.39, 0.29) is 15.0 Å². The Labute approximate surface area is 139 Å². The molecule has 1 aromatic carbocycles. The smallest absolute Gasteiger partial charge is 0.324 e. The third kappa shape index (κ3) is 3.47. The zero-order valence-corrected chi connectivity index (χ0v) is 15.1. The third-order valence-corrected chi connectivity index (χ3v) is 6.54. The predicted molar refractivity (Wildman–Crippen MR) is 87.8 cm³/mol. The highest BCUT2D eigenvalue weighted by Crippen LogP contribution is 2.43. The molecule has 22 heavy (non-hydrogen) atoms. The highest BCUT2D eigenvalue weighted by Gasteiger charge is 2.26. The lowest BCUT2D eigenvalue weighted by Crippen LogP contribution is -1.93. The van der Waals surface area contributed by atoms with Gasteiger partial charge in [0.1, 0.15) is 9.96 Å². The second kappa shape index (κ2) is 5.98. The molecule has 2 rings (SSSR count). The van der Waals surface area contributed by atoms with Crippen molar-refractivity contribution in [3.63, 3.8) is 0 Å². The Morgan fingerprint density at radius 3 is 2.41 bits per heavy atom. The monoisotopic (exact) mass is 405 g/mol. The van der Waals surface area contributed by atoms with Gasteiger partial charge in [-0.1, -0.05) is 33.3 Å². The van der Waals surface area contributed by atoms with E-state index in [9.17, 15) is 18.5 Å². The van der Waals surface area contributed by atoms with Gasteiger partial charge in [0.15, 0.2) is 9.84 Å². The van der Waals surface area contributed by atoms with E-state index in [1.807, 2.05) is 19.9 Å². The van der Waals surface area contributed by atoms with E-state index in [1.165, 1.54) is 0 Å². The minimum Gasteiger partial charge on any atom is -0.440 e. The fourth-order valence-corrected chi connectivity index (χ4v) is 3.95. The predicted octanol–water partition coefficient (Wildman–Crippen LogP) is 4.23. The normalized spacial score (nSPS) is 11.5. The van der Waals surface area contributed by atoms with Crippen molar-refractivity contribution in [3.8, 4) is 10.8 Å². The van der Waals surface area contributed by atoms with Crippen molar-refractivity contribution in [1.82, 2.24) is 0 Å². The third-order valence-electron chi connectivity index (χ3n) is 2.88. The summed E-state index contributed by atoms with van der Waals surface area (Å²) in [7, 11) is -3.53. The molecule has 0 aliphatic rings. The van der Waals surface area contributed by atoms with Gasteiger partial charge in [-0.2, -0.15) is 0 Å².